The van der Waals surface area contributed by atoms with Gasteiger partial charge in [0.1, 0.15) is 11.1 Å². The highest BCUT2D eigenvalue weighted by Crippen LogP contribution is 2.30. The predicted molar refractivity (Wildman–Crippen MR) is 133 cm³/mol. The molecule has 3 aromatic carbocycles. The van der Waals surface area contributed by atoms with Crippen molar-refractivity contribution in [1.29, 1.82) is 0 Å². The van der Waals surface area contributed by atoms with E-state index in [1.807, 2.05) is 17.8 Å². The molecule has 146 valence electrons. The van der Waals surface area contributed by atoms with Crippen LogP contribution in [-0.2, 0) is 0 Å². The van der Waals surface area contributed by atoms with E-state index < -0.39 is 0 Å². The average Bonchev–Trinajstić information content (AvgIpc) is 3.41. The minimum Gasteiger partial charge on any atom is -0.338 e. The molecule has 2 heterocycles. The van der Waals surface area contributed by atoms with Crippen molar-refractivity contribution in [1.82, 2.24) is 19.9 Å². The fourth-order valence-corrected chi connectivity index (χ4v) is 4.74. The van der Waals surface area contributed by atoms with Gasteiger partial charge in [-0.1, -0.05) is 67.3 Å². The van der Waals surface area contributed by atoms with E-state index in [1.54, 1.807) is 0 Å². The maximum atomic E-state index is 4.76. The molecule has 2 N–H and O–H groups in total. The fraction of sp³-hybridized carbons (Fsp3) is 0. The van der Waals surface area contributed by atoms with Crippen LogP contribution in [0.3, 0.4) is 0 Å². The first kappa shape index (κ1) is 18.9. The molecule has 0 bridgehead atoms. The van der Waals surface area contributed by atoms with Gasteiger partial charge in [-0.2, -0.15) is 0 Å². The van der Waals surface area contributed by atoms with Gasteiger partial charge in [-0.15, -0.1) is 0 Å². The number of H-pyrrole nitrogens is 2. The van der Waals surface area contributed by atoms with Crippen molar-refractivity contribution in [3.8, 4) is 22.4 Å². The summed E-state index contributed by atoms with van der Waals surface area (Å²) in [4.78, 5) is 15.9. The molecule has 0 saturated heterocycles. The lowest BCUT2D eigenvalue weighted by Gasteiger charge is -2.06. The molecule has 30 heavy (non-hydrogen) atoms. The predicted octanol–water partition coefficient (Wildman–Crippen LogP) is 5.67. The topological polar surface area (TPSA) is 57.4 Å². The first-order valence-corrected chi connectivity index (χ1v) is 11.7. The molecule has 0 saturated carbocycles. The molecule has 0 radical (unpaired) electrons. The number of fused-ring (bicyclic) bond motifs is 3. The molecule has 4 nitrogen and oxygen atoms in total. The maximum Gasteiger partial charge on any atom is 0.130 e. The highest BCUT2D eigenvalue weighted by molar-refractivity contribution is 7.50. The molecular weight excluding hydrogens is 406 g/mol. The molecule has 0 amide bonds. The van der Waals surface area contributed by atoms with Gasteiger partial charge >= 0.3 is 0 Å². The highest BCUT2D eigenvalue weighted by Gasteiger charge is 2.08. The van der Waals surface area contributed by atoms with Crippen LogP contribution in [0.5, 0.6) is 0 Å². The Labute approximate surface area is 178 Å². The smallest absolute Gasteiger partial charge is 0.130 e. The zero-order chi connectivity index (χ0) is 20.5. The van der Waals surface area contributed by atoms with E-state index in [1.165, 1.54) is 16.5 Å². The Morgan fingerprint density at radius 2 is 1.50 bits per heavy atom. The number of aromatic amines is 2. The third-order valence-corrected chi connectivity index (χ3v) is 6.50. The van der Waals surface area contributed by atoms with Crippen molar-refractivity contribution < 1.29 is 0 Å². The van der Waals surface area contributed by atoms with Gasteiger partial charge in [0.25, 0.3) is 0 Å². The van der Waals surface area contributed by atoms with E-state index in [0.717, 1.165) is 38.8 Å². The minimum absolute atomic E-state index is 0.490. The van der Waals surface area contributed by atoms with Gasteiger partial charge in [-0.05, 0) is 51.4 Å². The van der Waals surface area contributed by atoms with Crippen LogP contribution >= 0.6 is 17.2 Å². The quantitative estimate of drug-likeness (QED) is 0.344. The van der Waals surface area contributed by atoms with E-state index >= 15 is 0 Å². The first-order valence-electron chi connectivity index (χ1n) is 9.58. The van der Waals surface area contributed by atoms with E-state index in [0.29, 0.717) is 17.2 Å². The SMILES string of the molecule is C=CPc1ncc(-c2ccc(-c3ccc4c(ccc5[nH]c(PC=C)nc54)c3)cc2)[nH]1. The summed E-state index contributed by atoms with van der Waals surface area (Å²) in [6, 6.07) is 19.4. The Bertz CT molecular complexity index is 1380. The lowest BCUT2D eigenvalue weighted by Crippen LogP contribution is -1.96. The summed E-state index contributed by atoms with van der Waals surface area (Å²) in [5.74, 6) is 3.77. The Balaban J connectivity index is 1.48. The number of nitrogens with one attached hydrogen (secondary N) is 2. The van der Waals surface area contributed by atoms with Crippen LogP contribution in [0.15, 0.2) is 85.6 Å². The van der Waals surface area contributed by atoms with Gasteiger partial charge in [-0.3, -0.25) is 0 Å². The monoisotopic (exact) mass is 426 g/mol. The molecule has 0 spiro atoms. The van der Waals surface area contributed by atoms with E-state index in [9.17, 15) is 0 Å². The standard InChI is InChI=1S/C24H20N4P2/c1-3-29-23-25-14-21(27-23)16-7-5-15(6-8-16)17-9-11-19-18(13-17)10-12-20-22(19)28-24(26-20)30-4-2/h3-14,29-30H,1-2H2,(H,25,27)(H,26,28). The Morgan fingerprint density at radius 3 is 2.30 bits per heavy atom. The van der Waals surface area contributed by atoms with Crippen LogP contribution in [0.25, 0.3) is 44.2 Å². The third-order valence-electron chi connectivity index (χ3n) is 5.05. The van der Waals surface area contributed by atoms with Crippen molar-refractivity contribution in [2.24, 2.45) is 0 Å². The van der Waals surface area contributed by atoms with Crippen LogP contribution in [-0.4, -0.2) is 19.9 Å². The van der Waals surface area contributed by atoms with Crippen LogP contribution in [0.1, 0.15) is 0 Å². The Hall–Kier alpha value is -3.06. The molecule has 0 aliphatic heterocycles. The number of benzene rings is 3. The summed E-state index contributed by atoms with van der Waals surface area (Å²) in [5.41, 5.74) is 8.55. The number of hydrogen-bond donors (Lipinski definition) is 2. The number of hydrogen-bond acceptors (Lipinski definition) is 2. The molecule has 0 aliphatic carbocycles. The Kier molecular flexibility index (Phi) is 5.04. The number of imidazole rings is 2. The summed E-state index contributed by atoms with van der Waals surface area (Å²) in [6.07, 6.45) is 1.88. The van der Waals surface area contributed by atoms with E-state index in [4.69, 9.17) is 4.98 Å². The number of nitrogens with zero attached hydrogens (tertiary/aromatic N) is 2. The van der Waals surface area contributed by atoms with Gasteiger partial charge in [0.2, 0.25) is 0 Å². The lowest BCUT2D eigenvalue weighted by molar-refractivity contribution is 1.41. The van der Waals surface area contributed by atoms with Crippen molar-refractivity contribution >= 4 is 50.1 Å². The van der Waals surface area contributed by atoms with Crippen LogP contribution in [0, 0.1) is 0 Å². The van der Waals surface area contributed by atoms with Crippen molar-refractivity contribution in [2.45, 2.75) is 0 Å². The summed E-state index contributed by atoms with van der Waals surface area (Å²) in [7, 11) is 0.988. The van der Waals surface area contributed by atoms with E-state index in [2.05, 4.69) is 82.7 Å². The van der Waals surface area contributed by atoms with Gasteiger partial charge in [0, 0.05) is 5.39 Å². The molecular formula is C24H20N4P2. The second-order valence-electron chi connectivity index (χ2n) is 6.90. The molecule has 2 atom stereocenters. The Morgan fingerprint density at radius 1 is 0.767 bits per heavy atom. The van der Waals surface area contributed by atoms with Crippen molar-refractivity contribution in [3.05, 3.63) is 85.6 Å². The molecule has 5 rings (SSSR count). The molecule has 5 aromatic rings. The normalized spacial score (nSPS) is 12.0. The molecule has 2 aromatic heterocycles. The van der Waals surface area contributed by atoms with Gasteiger partial charge < -0.3 is 9.97 Å². The number of rotatable bonds is 6. The molecule has 2 unspecified atom stereocenters. The van der Waals surface area contributed by atoms with Crippen LogP contribution in [0.2, 0.25) is 0 Å². The first-order chi connectivity index (χ1) is 14.7. The van der Waals surface area contributed by atoms with E-state index in [-0.39, 0.29) is 0 Å². The minimum atomic E-state index is 0.490. The van der Waals surface area contributed by atoms with Crippen molar-refractivity contribution in [3.63, 3.8) is 0 Å². The summed E-state index contributed by atoms with van der Waals surface area (Å²) in [5, 5.41) is 2.35. The molecule has 6 heteroatoms. The van der Waals surface area contributed by atoms with Crippen molar-refractivity contribution in [2.75, 3.05) is 0 Å². The second kappa shape index (κ2) is 7.99. The second-order valence-corrected chi connectivity index (χ2v) is 9.24. The highest BCUT2D eigenvalue weighted by atomic mass is 31.1. The number of aromatic nitrogens is 4. The lowest BCUT2D eigenvalue weighted by atomic mass is 9.99. The maximum absolute atomic E-state index is 4.76. The zero-order valence-electron chi connectivity index (χ0n) is 16.2. The third kappa shape index (κ3) is 3.50. The summed E-state index contributed by atoms with van der Waals surface area (Å²) < 4.78 is 0. The van der Waals surface area contributed by atoms with Gasteiger partial charge in [-0.25, -0.2) is 9.97 Å². The summed E-state index contributed by atoms with van der Waals surface area (Å²) in [6.45, 7) is 7.59. The fourth-order valence-electron chi connectivity index (χ4n) is 3.63. The summed E-state index contributed by atoms with van der Waals surface area (Å²) >= 11 is 0. The van der Waals surface area contributed by atoms with Crippen LogP contribution < -0.4 is 11.1 Å². The van der Waals surface area contributed by atoms with Gasteiger partial charge in [0.15, 0.2) is 0 Å². The van der Waals surface area contributed by atoms with Gasteiger partial charge in [0.05, 0.1) is 22.9 Å². The zero-order valence-corrected chi connectivity index (χ0v) is 18.2. The van der Waals surface area contributed by atoms with Crippen LogP contribution in [0.4, 0.5) is 0 Å². The largest absolute Gasteiger partial charge is 0.338 e. The molecule has 0 fully saturated rings. The molecule has 0 aliphatic rings. The average molecular weight is 426 g/mol.